The first-order valence-electron chi connectivity index (χ1n) is 17.4. The fourth-order valence-electron chi connectivity index (χ4n) is 5.44. The van der Waals surface area contributed by atoms with Crippen LogP contribution in [0.5, 0.6) is 5.75 Å². The average Bonchev–Trinajstić information content (AvgIpc) is 3.05. The Labute approximate surface area is 286 Å². The molecule has 0 aliphatic rings. The molecule has 0 aliphatic heterocycles. The number of hydrogen-bond donors (Lipinski definition) is 4. The van der Waals surface area contributed by atoms with Crippen LogP contribution in [0.25, 0.3) is 0 Å². The molecule has 0 radical (unpaired) electrons. The second-order valence-electron chi connectivity index (χ2n) is 12.5. The Kier molecular flexibility index (Phi) is 21.1. The Morgan fingerprint density at radius 2 is 1.50 bits per heavy atom. The topological polar surface area (TPSA) is 169 Å². The van der Waals surface area contributed by atoms with E-state index < -0.39 is 47.8 Å². The summed E-state index contributed by atoms with van der Waals surface area (Å²) in [5.41, 5.74) is -2.29. The number of amides is 1. The number of unbranched alkanes of at least 4 members (excludes halogenated alkanes) is 8. The van der Waals surface area contributed by atoms with E-state index in [1.807, 2.05) is 13.8 Å². The highest BCUT2D eigenvalue weighted by atomic mass is 16.5. The summed E-state index contributed by atoms with van der Waals surface area (Å²) in [7, 11) is 2.91. The summed E-state index contributed by atoms with van der Waals surface area (Å²) in [5.74, 6) is -6.39. The Balaban J connectivity index is 2.90. The van der Waals surface area contributed by atoms with E-state index in [2.05, 4.69) is 12.2 Å². The number of rotatable bonds is 27. The molecule has 5 atom stereocenters. The number of hydrogen-bond acceptors (Lipinski definition) is 8. The molecule has 4 unspecified atom stereocenters. The van der Waals surface area contributed by atoms with Gasteiger partial charge in [0.05, 0.1) is 31.7 Å². The van der Waals surface area contributed by atoms with Crippen LogP contribution >= 0.6 is 0 Å². The lowest BCUT2D eigenvalue weighted by Crippen LogP contribution is -2.55. The average molecular weight is 678 g/mol. The smallest absolute Gasteiger partial charge is 0.337 e. The van der Waals surface area contributed by atoms with Crippen LogP contribution in [0.2, 0.25) is 0 Å². The van der Waals surface area contributed by atoms with E-state index in [-0.39, 0.29) is 18.6 Å². The van der Waals surface area contributed by atoms with Crippen LogP contribution in [0, 0.1) is 5.92 Å². The van der Waals surface area contributed by atoms with Gasteiger partial charge in [-0.3, -0.25) is 9.59 Å². The molecule has 0 heterocycles. The van der Waals surface area contributed by atoms with Crippen LogP contribution in [-0.2, 0) is 35.1 Å². The molecule has 1 amide bonds. The normalized spacial score (nSPS) is 15.2. The number of carboxylic acids is 2. The summed E-state index contributed by atoms with van der Waals surface area (Å²) in [5, 5.41) is 32.7. The third-order valence-corrected chi connectivity index (χ3v) is 8.60. The lowest BCUT2D eigenvalue weighted by Gasteiger charge is -2.29. The molecule has 11 nitrogen and oxygen atoms in total. The Morgan fingerprint density at radius 1 is 0.896 bits per heavy atom. The van der Waals surface area contributed by atoms with Gasteiger partial charge >= 0.3 is 17.9 Å². The zero-order chi connectivity index (χ0) is 36.0. The van der Waals surface area contributed by atoms with Gasteiger partial charge < -0.3 is 34.8 Å². The zero-order valence-corrected chi connectivity index (χ0v) is 29.6. The SMILES string of the molecule is CCCCCCCC(CCCCCC/C=C/C(C(=O)NC(Cc1ccc(OC(C)CC)cc1)C(=O)OC)[C@@](O)(CC(=O)O)C(=O)O)OC. The predicted molar refractivity (Wildman–Crippen MR) is 184 cm³/mol. The summed E-state index contributed by atoms with van der Waals surface area (Å²) in [6, 6.07) is 5.73. The van der Waals surface area contributed by atoms with Gasteiger partial charge in [-0.2, -0.15) is 0 Å². The van der Waals surface area contributed by atoms with Crippen molar-refractivity contribution in [2.75, 3.05) is 14.2 Å². The quantitative estimate of drug-likeness (QED) is 0.0475. The molecular weight excluding hydrogens is 618 g/mol. The summed E-state index contributed by atoms with van der Waals surface area (Å²) in [6.07, 6.45) is 15.0. The first-order valence-corrected chi connectivity index (χ1v) is 17.4. The van der Waals surface area contributed by atoms with Crippen LogP contribution < -0.4 is 10.1 Å². The highest BCUT2D eigenvalue weighted by Gasteiger charge is 2.49. The third kappa shape index (κ3) is 16.1. The maximum atomic E-state index is 13.5. The number of ether oxygens (including phenoxy) is 3. The van der Waals surface area contributed by atoms with E-state index in [0.717, 1.165) is 52.1 Å². The number of aliphatic hydroxyl groups is 1. The molecule has 272 valence electrons. The molecule has 0 bridgehead atoms. The van der Waals surface area contributed by atoms with Gasteiger partial charge in [-0.25, -0.2) is 9.59 Å². The monoisotopic (exact) mass is 677 g/mol. The van der Waals surface area contributed by atoms with E-state index in [9.17, 15) is 34.5 Å². The standard InChI is InChI=1S/C37H59NO10/c1-6-8-9-12-15-18-29(46-4)19-16-13-10-11-14-17-20-31(37(45,36(43)44)26-33(39)40)34(41)38-32(35(42)47-5)25-28-21-23-30(24-22-28)48-27(3)7-2/h17,20-24,27,29,31-32,45H,6-16,18-19,25-26H2,1-5H3,(H,38,41)(H,39,40)(H,43,44)/b20-17+/t27?,29?,31?,32?,37-/m0/s1. The van der Waals surface area contributed by atoms with E-state index >= 15 is 0 Å². The van der Waals surface area contributed by atoms with Crippen LogP contribution in [0.3, 0.4) is 0 Å². The highest BCUT2D eigenvalue weighted by Crippen LogP contribution is 2.26. The lowest BCUT2D eigenvalue weighted by molar-refractivity contribution is -0.172. The number of carboxylic acid groups (broad SMARTS) is 2. The van der Waals surface area contributed by atoms with E-state index in [4.69, 9.17) is 14.2 Å². The van der Waals surface area contributed by atoms with Crippen molar-refractivity contribution in [3.05, 3.63) is 42.0 Å². The molecule has 0 saturated heterocycles. The molecule has 1 aromatic carbocycles. The number of nitrogens with one attached hydrogen (secondary N) is 1. The zero-order valence-electron chi connectivity index (χ0n) is 29.6. The summed E-state index contributed by atoms with van der Waals surface area (Å²) >= 11 is 0. The lowest BCUT2D eigenvalue weighted by atomic mass is 9.82. The summed E-state index contributed by atoms with van der Waals surface area (Å²) in [4.78, 5) is 49.9. The van der Waals surface area contributed by atoms with Crippen molar-refractivity contribution >= 4 is 23.8 Å². The minimum Gasteiger partial charge on any atom is -0.491 e. The first-order chi connectivity index (χ1) is 22.9. The van der Waals surface area contributed by atoms with Gasteiger partial charge in [-0.1, -0.05) is 89.5 Å². The van der Waals surface area contributed by atoms with Crippen LogP contribution in [-0.4, -0.2) is 77.2 Å². The molecule has 11 heteroatoms. The van der Waals surface area contributed by atoms with Gasteiger partial charge in [0.15, 0.2) is 5.60 Å². The van der Waals surface area contributed by atoms with Gasteiger partial charge in [-0.15, -0.1) is 0 Å². The number of benzene rings is 1. The van der Waals surface area contributed by atoms with E-state index in [1.54, 1.807) is 37.5 Å². The van der Waals surface area contributed by atoms with Crippen LogP contribution in [0.15, 0.2) is 36.4 Å². The molecule has 1 aromatic rings. The number of methoxy groups -OCH3 is 2. The highest BCUT2D eigenvalue weighted by molar-refractivity contribution is 5.94. The van der Waals surface area contributed by atoms with E-state index in [0.29, 0.717) is 17.7 Å². The fourth-order valence-corrected chi connectivity index (χ4v) is 5.44. The molecule has 0 fully saturated rings. The van der Waals surface area contributed by atoms with Crippen LogP contribution in [0.4, 0.5) is 0 Å². The van der Waals surface area contributed by atoms with Gasteiger partial charge in [0.25, 0.3) is 0 Å². The molecule has 4 N–H and O–H groups in total. The minimum absolute atomic E-state index is 0.00563. The molecule has 0 saturated carbocycles. The summed E-state index contributed by atoms with van der Waals surface area (Å²) < 4.78 is 16.3. The van der Waals surface area contributed by atoms with Gasteiger partial charge in [0.1, 0.15) is 11.8 Å². The number of allylic oxidation sites excluding steroid dienone is 1. The van der Waals surface area contributed by atoms with Gasteiger partial charge in [0.2, 0.25) is 5.91 Å². The molecular formula is C37H59NO10. The van der Waals surface area contributed by atoms with Gasteiger partial charge in [0, 0.05) is 13.5 Å². The minimum atomic E-state index is -2.95. The maximum absolute atomic E-state index is 13.5. The molecule has 48 heavy (non-hydrogen) atoms. The largest absolute Gasteiger partial charge is 0.491 e. The van der Waals surface area contributed by atoms with E-state index in [1.165, 1.54) is 38.2 Å². The number of carbonyl (C=O) groups is 4. The van der Waals surface area contributed by atoms with Crippen LogP contribution in [0.1, 0.15) is 116 Å². The Hall–Kier alpha value is -3.44. The van der Waals surface area contributed by atoms with Crippen molar-refractivity contribution in [2.45, 2.75) is 141 Å². The van der Waals surface area contributed by atoms with Crippen molar-refractivity contribution in [3.8, 4) is 5.75 Å². The van der Waals surface area contributed by atoms with Gasteiger partial charge in [-0.05, 0) is 56.7 Å². The maximum Gasteiger partial charge on any atom is 0.337 e. The first kappa shape index (κ1) is 42.6. The summed E-state index contributed by atoms with van der Waals surface area (Å²) in [6.45, 7) is 6.15. The van der Waals surface area contributed by atoms with Crippen molar-refractivity contribution in [1.82, 2.24) is 5.32 Å². The number of aliphatic carboxylic acids is 2. The molecule has 0 aliphatic carbocycles. The van der Waals surface area contributed by atoms with Crippen molar-refractivity contribution in [3.63, 3.8) is 0 Å². The Morgan fingerprint density at radius 3 is 2.02 bits per heavy atom. The number of carbonyl (C=O) groups excluding carboxylic acids is 2. The van der Waals surface area contributed by atoms with Crippen molar-refractivity contribution in [2.24, 2.45) is 5.92 Å². The van der Waals surface area contributed by atoms with Crippen molar-refractivity contribution in [1.29, 1.82) is 0 Å². The second kappa shape index (κ2) is 23.8. The second-order valence-corrected chi connectivity index (χ2v) is 12.5. The fraction of sp³-hybridized carbons (Fsp3) is 0.676. The number of esters is 1. The Bertz CT molecular complexity index is 1120. The molecule has 1 rings (SSSR count). The van der Waals surface area contributed by atoms with Crippen molar-refractivity contribution < 1.29 is 48.7 Å². The predicted octanol–water partition coefficient (Wildman–Crippen LogP) is 6.24. The molecule has 0 spiro atoms. The molecule has 0 aromatic heterocycles. The third-order valence-electron chi connectivity index (χ3n) is 8.60.